The van der Waals surface area contributed by atoms with Crippen molar-refractivity contribution in [1.29, 1.82) is 5.26 Å². The molecule has 0 bridgehead atoms. The first-order valence-electron chi connectivity index (χ1n) is 10.2. The van der Waals surface area contributed by atoms with Crippen LogP contribution in [0.1, 0.15) is 27.2 Å². The minimum absolute atomic E-state index is 0.0115. The lowest BCUT2D eigenvalue weighted by Gasteiger charge is -2.08. The molecule has 0 saturated heterocycles. The third-order valence-electron chi connectivity index (χ3n) is 5.21. The Morgan fingerprint density at radius 2 is 1.86 bits per heavy atom. The molecular weight excluding hydrogens is 478 g/mol. The number of halogens is 2. The number of aromatic nitrogens is 2. The maximum Gasteiger partial charge on any atom is 0.387 e. The maximum absolute atomic E-state index is 13.0. The Hall–Kier alpha value is -4.30. The van der Waals surface area contributed by atoms with Crippen LogP contribution in [0.4, 0.5) is 8.78 Å². The van der Waals surface area contributed by atoms with Crippen molar-refractivity contribution in [3.63, 3.8) is 0 Å². The van der Waals surface area contributed by atoms with Gasteiger partial charge in [0.25, 0.3) is 15.9 Å². The summed E-state index contributed by atoms with van der Waals surface area (Å²) in [5.41, 5.74) is 1.98. The number of benzene rings is 3. The summed E-state index contributed by atoms with van der Waals surface area (Å²) in [5.74, 6) is -0.903. The summed E-state index contributed by atoms with van der Waals surface area (Å²) < 4.78 is 58.2. The van der Waals surface area contributed by atoms with Gasteiger partial charge < -0.3 is 4.74 Å². The number of nitrogens with one attached hydrogen (secondary N) is 1. The van der Waals surface area contributed by atoms with Gasteiger partial charge in [0.15, 0.2) is 5.69 Å². The Labute approximate surface area is 199 Å². The average molecular weight is 496 g/mol. The number of alkyl halides is 2. The standard InChI is InChI=1S/C24H18F2N4O4S/c1-15-12-19(11-8-17(15)13-27)35(32,33)29-23(31)22-20-4-2-3-5-21(20)30(28-22)14-16-6-9-18(10-7-16)34-24(25)26/h2-12,24H,14H2,1H3,(H,29,31). The minimum Gasteiger partial charge on any atom is -0.435 e. The fourth-order valence-electron chi connectivity index (χ4n) is 3.52. The van der Waals surface area contributed by atoms with Crippen LogP contribution in [0.25, 0.3) is 10.9 Å². The molecule has 178 valence electrons. The number of carbonyl (C=O) groups excluding carboxylic acids is 1. The van der Waals surface area contributed by atoms with Crippen LogP contribution >= 0.6 is 0 Å². The van der Waals surface area contributed by atoms with Crippen molar-refractivity contribution in [2.45, 2.75) is 25.0 Å². The molecule has 0 spiro atoms. The Morgan fingerprint density at radius 3 is 2.51 bits per heavy atom. The van der Waals surface area contributed by atoms with Crippen LogP contribution in [0, 0.1) is 18.3 Å². The largest absolute Gasteiger partial charge is 0.435 e. The Balaban J connectivity index is 1.62. The van der Waals surface area contributed by atoms with E-state index in [2.05, 4.69) is 9.84 Å². The first-order valence-corrected chi connectivity index (χ1v) is 11.7. The second kappa shape index (κ2) is 9.52. The summed E-state index contributed by atoms with van der Waals surface area (Å²) in [6.07, 6.45) is 0. The first-order chi connectivity index (χ1) is 16.7. The number of para-hydroxylation sites is 1. The van der Waals surface area contributed by atoms with E-state index in [9.17, 15) is 22.0 Å². The summed E-state index contributed by atoms with van der Waals surface area (Å²) in [6, 6.07) is 18.7. The van der Waals surface area contributed by atoms with Crippen LogP contribution in [0.15, 0.2) is 71.6 Å². The van der Waals surface area contributed by atoms with Crippen LogP contribution in [-0.4, -0.2) is 30.7 Å². The molecule has 4 aromatic rings. The number of rotatable bonds is 7. The molecule has 35 heavy (non-hydrogen) atoms. The molecule has 4 rings (SSSR count). The second-order valence-corrected chi connectivity index (χ2v) is 9.25. The van der Waals surface area contributed by atoms with Crippen molar-refractivity contribution in [3.05, 3.63) is 89.1 Å². The van der Waals surface area contributed by atoms with Gasteiger partial charge in [-0.25, -0.2) is 13.1 Å². The zero-order chi connectivity index (χ0) is 25.2. The van der Waals surface area contributed by atoms with Gasteiger partial charge in [-0.05, 0) is 54.4 Å². The van der Waals surface area contributed by atoms with E-state index >= 15 is 0 Å². The van der Waals surface area contributed by atoms with E-state index in [-0.39, 0.29) is 22.9 Å². The molecule has 3 aromatic carbocycles. The summed E-state index contributed by atoms with van der Waals surface area (Å²) in [6.45, 7) is -1.13. The molecule has 0 fully saturated rings. The van der Waals surface area contributed by atoms with E-state index in [0.29, 0.717) is 27.6 Å². The normalized spacial score (nSPS) is 11.4. The van der Waals surface area contributed by atoms with Crippen molar-refractivity contribution in [3.8, 4) is 11.8 Å². The van der Waals surface area contributed by atoms with Gasteiger partial charge in [0, 0.05) is 5.39 Å². The molecule has 0 radical (unpaired) electrons. The summed E-state index contributed by atoms with van der Waals surface area (Å²) in [4.78, 5) is 12.8. The van der Waals surface area contributed by atoms with Gasteiger partial charge in [-0.1, -0.05) is 30.3 Å². The molecular formula is C24H18F2N4O4S. The van der Waals surface area contributed by atoms with Crippen LogP contribution in [0.2, 0.25) is 0 Å². The smallest absolute Gasteiger partial charge is 0.387 e. The fraction of sp³-hybridized carbons (Fsp3) is 0.125. The highest BCUT2D eigenvalue weighted by Gasteiger charge is 2.24. The van der Waals surface area contributed by atoms with Gasteiger partial charge in [-0.2, -0.15) is 19.1 Å². The van der Waals surface area contributed by atoms with Gasteiger partial charge >= 0.3 is 6.61 Å². The molecule has 0 aliphatic carbocycles. The van der Waals surface area contributed by atoms with Crippen LogP contribution in [-0.2, 0) is 16.6 Å². The summed E-state index contributed by atoms with van der Waals surface area (Å²) in [7, 11) is -4.22. The second-order valence-electron chi connectivity index (χ2n) is 7.57. The topological polar surface area (TPSA) is 114 Å². The maximum atomic E-state index is 13.0. The predicted molar refractivity (Wildman–Crippen MR) is 122 cm³/mol. The lowest BCUT2D eigenvalue weighted by Crippen LogP contribution is -2.31. The van der Waals surface area contributed by atoms with E-state index < -0.39 is 22.5 Å². The number of carbonyl (C=O) groups is 1. The highest BCUT2D eigenvalue weighted by atomic mass is 32.2. The van der Waals surface area contributed by atoms with Crippen molar-refractivity contribution in [2.24, 2.45) is 0 Å². The number of nitriles is 1. The van der Waals surface area contributed by atoms with E-state index in [1.165, 1.54) is 35.0 Å². The van der Waals surface area contributed by atoms with Crippen LogP contribution in [0.5, 0.6) is 5.75 Å². The number of nitrogens with zero attached hydrogens (tertiary/aromatic N) is 3. The molecule has 1 aromatic heterocycles. The number of aryl methyl sites for hydroxylation is 1. The fourth-order valence-corrected chi connectivity index (χ4v) is 4.56. The first kappa shape index (κ1) is 23.8. The summed E-state index contributed by atoms with van der Waals surface area (Å²) in [5, 5.41) is 13.8. The van der Waals surface area contributed by atoms with E-state index in [1.54, 1.807) is 43.3 Å². The lowest BCUT2D eigenvalue weighted by molar-refractivity contribution is -0.0498. The van der Waals surface area contributed by atoms with Gasteiger partial charge in [0.2, 0.25) is 0 Å². The zero-order valence-corrected chi connectivity index (χ0v) is 19.1. The average Bonchev–Trinajstić information content (AvgIpc) is 3.18. The van der Waals surface area contributed by atoms with Crippen molar-refractivity contribution in [2.75, 3.05) is 0 Å². The number of fused-ring (bicyclic) bond motifs is 1. The minimum atomic E-state index is -4.22. The lowest BCUT2D eigenvalue weighted by atomic mass is 10.1. The van der Waals surface area contributed by atoms with Gasteiger partial charge in [-0.15, -0.1) is 0 Å². The van der Waals surface area contributed by atoms with Crippen molar-refractivity contribution in [1.82, 2.24) is 14.5 Å². The van der Waals surface area contributed by atoms with Crippen LogP contribution in [0.3, 0.4) is 0 Å². The molecule has 11 heteroatoms. The molecule has 0 unspecified atom stereocenters. The molecule has 0 aliphatic heterocycles. The van der Waals surface area contributed by atoms with Gasteiger partial charge in [-0.3, -0.25) is 9.48 Å². The number of sulfonamides is 1. The molecule has 0 saturated carbocycles. The number of hydrogen-bond acceptors (Lipinski definition) is 6. The molecule has 0 aliphatic rings. The summed E-state index contributed by atoms with van der Waals surface area (Å²) >= 11 is 0. The molecule has 1 amide bonds. The quantitative estimate of drug-likeness (QED) is 0.414. The molecule has 0 atom stereocenters. The number of ether oxygens (including phenoxy) is 1. The highest BCUT2D eigenvalue weighted by Crippen LogP contribution is 2.22. The van der Waals surface area contributed by atoms with Crippen LogP contribution < -0.4 is 9.46 Å². The third-order valence-corrected chi connectivity index (χ3v) is 6.54. The predicted octanol–water partition coefficient (Wildman–Crippen LogP) is 3.98. The highest BCUT2D eigenvalue weighted by molar-refractivity contribution is 7.90. The SMILES string of the molecule is Cc1cc(S(=O)(=O)NC(=O)c2nn(Cc3ccc(OC(F)F)cc3)c3ccccc23)ccc1C#N. The van der Waals surface area contributed by atoms with Crippen molar-refractivity contribution >= 4 is 26.8 Å². The molecule has 8 nitrogen and oxygen atoms in total. The van der Waals surface area contributed by atoms with Gasteiger partial charge in [0.05, 0.1) is 28.6 Å². The van der Waals surface area contributed by atoms with E-state index in [4.69, 9.17) is 5.26 Å². The third kappa shape index (κ3) is 5.12. The monoisotopic (exact) mass is 496 g/mol. The Bertz CT molecular complexity index is 1560. The zero-order valence-electron chi connectivity index (χ0n) is 18.3. The van der Waals surface area contributed by atoms with E-state index in [0.717, 1.165) is 0 Å². The Kier molecular flexibility index (Phi) is 6.48. The number of hydrogen-bond donors (Lipinski definition) is 1. The Morgan fingerprint density at radius 1 is 1.14 bits per heavy atom. The molecule has 1 heterocycles. The van der Waals surface area contributed by atoms with Gasteiger partial charge in [0.1, 0.15) is 5.75 Å². The van der Waals surface area contributed by atoms with Crippen molar-refractivity contribution < 1.29 is 26.7 Å². The molecule has 1 N–H and O–H groups in total. The number of amides is 1. The van der Waals surface area contributed by atoms with E-state index in [1.807, 2.05) is 10.8 Å².